The summed E-state index contributed by atoms with van der Waals surface area (Å²) in [6, 6.07) is 7.85. The van der Waals surface area contributed by atoms with Crippen LogP contribution < -0.4 is 5.32 Å². The van der Waals surface area contributed by atoms with Crippen molar-refractivity contribution in [1.82, 2.24) is 5.32 Å². The molecule has 0 spiro atoms. The molecule has 0 bridgehead atoms. The summed E-state index contributed by atoms with van der Waals surface area (Å²) in [7, 11) is 0. The largest absolute Gasteiger partial charge is 0.480 e. The van der Waals surface area contributed by atoms with Crippen LogP contribution in [0.15, 0.2) is 29.2 Å². The Hall–Kier alpha value is -0.710. The standard InChI is InChI=1S/C15H22ClNO2S/c1-11(2)17-15(3,14(18)19)9-6-10-20-13-8-5-4-7-12(13)16/h4-5,7-8,11,17H,6,9-10H2,1-3H3,(H,18,19). The highest BCUT2D eigenvalue weighted by atomic mass is 35.5. The van der Waals surface area contributed by atoms with Crippen molar-refractivity contribution in [2.45, 2.75) is 50.1 Å². The number of carboxylic acid groups (broad SMARTS) is 1. The number of rotatable bonds is 8. The minimum atomic E-state index is -0.866. The van der Waals surface area contributed by atoms with Crippen molar-refractivity contribution in [2.75, 3.05) is 5.75 Å². The normalized spacial score (nSPS) is 14.2. The highest BCUT2D eigenvalue weighted by molar-refractivity contribution is 7.99. The second-order valence-corrected chi connectivity index (χ2v) is 6.86. The van der Waals surface area contributed by atoms with Crippen molar-refractivity contribution in [3.05, 3.63) is 29.3 Å². The minimum absolute atomic E-state index is 0.146. The van der Waals surface area contributed by atoms with E-state index < -0.39 is 11.5 Å². The highest BCUT2D eigenvalue weighted by Crippen LogP contribution is 2.28. The molecule has 0 saturated heterocycles. The first-order valence-electron chi connectivity index (χ1n) is 6.73. The van der Waals surface area contributed by atoms with Crippen molar-refractivity contribution >= 4 is 29.3 Å². The van der Waals surface area contributed by atoms with Gasteiger partial charge in [0.15, 0.2) is 0 Å². The molecule has 0 aromatic heterocycles. The molecule has 0 amide bonds. The van der Waals surface area contributed by atoms with E-state index >= 15 is 0 Å². The lowest BCUT2D eigenvalue weighted by Crippen LogP contribution is -2.52. The van der Waals surface area contributed by atoms with Crippen LogP contribution in [-0.2, 0) is 4.79 Å². The van der Waals surface area contributed by atoms with Gasteiger partial charge in [0.05, 0.1) is 5.02 Å². The summed E-state index contributed by atoms with van der Waals surface area (Å²) in [5.74, 6) is 0.0563. The summed E-state index contributed by atoms with van der Waals surface area (Å²) in [5, 5.41) is 13.2. The molecule has 0 aliphatic heterocycles. The van der Waals surface area contributed by atoms with E-state index in [0.717, 1.165) is 22.1 Å². The zero-order chi connectivity index (χ0) is 15.2. The molecule has 112 valence electrons. The van der Waals surface area contributed by atoms with E-state index in [4.69, 9.17) is 11.6 Å². The van der Waals surface area contributed by atoms with Gasteiger partial charge >= 0.3 is 5.97 Å². The second kappa shape index (κ2) is 7.91. The molecule has 2 N–H and O–H groups in total. The van der Waals surface area contributed by atoms with Crippen molar-refractivity contribution < 1.29 is 9.90 Å². The van der Waals surface area contributed by atoms with Crippen molar-refractivity contribution in [3.63, 3.8) is 0 Å². The van der Waals surface area contributed by atoms with Gasteiger partial charge in [-0.15, -0.1) is 11.8 Å². The van der Waals surface area contributed by atoms with E-state index in [-0.39, 0.29) is 6.04 Å². The van der Waals surface area contributed by atoms with Crippen LogP contribution in [0, 0.1) is 0 Å². The van der Waals surface area contributed by atoms with Crippen LogP contribution in [0.2, 0.25) is 5.02 Å². The lowest BCUT2D eigenvalue weighted by atomic mass is 9.95. The van der Waals surface area contributed by atoms with Crippen LogP contribution in [0.25, 0.3) is 0 Å². The van der Waals surface area contributed by atoms with Crippen LogP contribution in [-0.4, -0.2) is 28.4 Å². The molecule has 20 heavy (non-hydrogen) atoms. The predicted octanol–water partition coefficient (Wildman–Crippen LogP) is 4.05. The summed E-state index contributed by atoms with van der Waals surface area (Å²) in [4.78, 5) is 12.4. The first kappa shape index (κ1) is 17.3. The molecular weight excluding hydrogens is 294 g/mol. The molecular formula is C15H22ClNO2S. The Balaban J connectivity index is 2.46. The molecule has 1 aromatic carbocycles. The maximum atomic E-state index is 11.4. The van der Waals surface area contributed by atoms with E-state index in [2.05, 4.69) is 5.32 Å². The maximum Gasteiger partial charge on any atom is 0.323 e. The molecule has 0 aliphatic carbocycles. The molecule has 0 heterocycles. The van der Waals surface area contributed by atoms with Crippen LogP contribution in [0.4, 0.5) is 0 Å². The van der Waals surface area contributed by atoms with Gasteiger partial charge in [-0.1, -0.05) is 23.7 Å². The summed E-state index contributed by atoms with van der Waals surface area (Å²) >= 11 is 7.75. The molecule has 5 heteroatoms. The van der Waals surface area contributed by atoms with Crippen LogP contribution in [0.5, 0.6) is 0 Å². The average Bonchev–Trinajstić information content (AvgIpc) is 2.35. The maximum absolute atomic E-state index is 11.4. The third-order valence-electron chi connectivity index (χ3n) is 2.99. The van der Waals surface area contributed by atoms with Gasteiger partial charge in [0.2, 0.25) is 0 Å². The lowest BCUT2D eigenvalue weighted by Gasteiger charge is -2.28. The monoisotopic (exact) mass is 315 g/mol. The zero-order valence-electron chi connectivity index (χ0n) is 12.1. The fraction of sp³-hybridized carbons (Fsp3) is 0.533. The molecule has 1 unspecified atom stereocenters. The van der Waals surface area contributed by atoms with Gasteiger partial charge in [-0.05, 0) is 51.5 Å². The lowest BCUT2D eigenvalue weighted by molar-refractivity contribution is -0.144. The Kier molecular flexibility index (Phi) is 6.86. The Morgan fingerprint density at radius 3 is 2.65 bits per heavy atom. The minimum Gasteiger partial charge on any atom is -0.480 e. The van der Waals surface area contributed by atoms with Crippen LogP contribution in [0.1, 0.15) is 33.6 Å². The van der Waals surface area contributed by atoms with Crippen molar-refractivity contribution in [3.8, 4) is 0 Å². The molecule has 0 saturated carbocycles. The van der Waals surface area contributed by atoms with Gasteiger partial charge in [-0.2, -0.15) is 0 Å². The van der Waals surface area contributed by atoms with E-state index in [1.807, 2.05) is 38.1 Å². The third kappa shape index (κ3) is 5.35. The predicted molar refractivity (Wildman–Crippen MR) is 85.7 cm³/mol. The van der Waals surface area contributed by atoms with Gasteiger partial charge in [-0.25, -0.2) is 0 Å². The van der Waals surface area contributed by atoms with E-state index in [0.29, 0.717) is 6.42 Å². The molecule has 1 rings (SSSR count). The third-order valence-corrected chi connectivity index (χ3v) is 4.60. The Morgan fingerprint density at radius 2 is 2.10 bits per heavy atom. The summed E-state index contributed by atoms with van der Waals surface area (Å²) < 4.78 is 0. The van der Waals surface area contributed by atoms with Crippen LogP contribution in [0.3, 0.4) is 0 Å². The van der Waals surface area contributed by atoms with Crippen LogP contribution >= 0.6 is 23.4 Å². The number of carbonyl (C=O) groups is 1. The number of thioether (sulfide) groups is 1. The molecule has 0 aliphatic rings. The Bertz CT molecular complexity index is 453. The van der Waals surface area contributed by atoms with Gasteiger partial charge in [0.1, 0.15) is 5.54 Å². The number of carboxylic acids is 1. The number of hydrogen-bond acceptors (Lipinski definition) is 3. The Labute approximate surface area is 130 Å². The summed E-state index contributed by atoms with van der Waals surface area (Å²) in [6.45, 7) is 5.66. The molecule has 3 nitrogen and oxygen atoms in total. The molecule has 0 radical (unpaired) electrons. The fourth-order valence-corrected chi connectivity index (χ4v) is 3.24. The summed E-state index contributed by atoms with van der Waals surface area (Å²) in [5.41, 5.74) is -0.866. The fourth-order valence-electron chi connectivity index (χ4n) is 2.05. The number of benzene rings is 1. The van der Waals surface area contributed by atoms with Gasteiger partial charge in [0, 0.05) is 10.9 Å². The topological polar surface area (TPSA) is 49.3 Å². The molecule has 0 fully saturated rings. The highest BCUT2D eigenvalue weighted by Gasteiger charge is 2.32. The smallest absolute Gasteiger partial charge is 0.323 e. The zero-order valence-corrected chi connectivity index (χ0v) is 13.7. The number of nitrogens with one attached hydrogen (secondary N) is 1. The van der Waals surface area contributed by atoms with E-state index in [1.54, 1.807) is 18.7 Å². The van der Waals surface area contributed by atoms with Crippen molar-refractivity contribution in [1.29, 1.82) is 0 Å². The number of aliphatic carboxylic acids is 1. The average molecular weight is 316 g/mol. The van der Waals surface area contributed by atoms with Gasteiger partial charge in [0.25, 0.3) is 0 Å². The van der Waals surface area contributed by atoms with Gasteiger partial charge < -0.3 is 5.11 Å². The first-order valence-corrected chi connectivity index (χ1v) is 8.10. The Morgan fingerprint density at radius 1 is 1.45 bits per heavy atom. The molecule has 1 aromatic rings. The number of hydrogen-bond donors (Lipinski definition) is 2. The summed E-state index contributed by atoms with van der Waals surface area (Å²) in [6.07, 6.45) is 1.41. The first-order chi connectivity index (χ1) is 9.35. The number of halogens is 1. The van der Waals surface area contributed by atoms with Crippen molar-refractivity contribution in [2.24, 2.45) is 0 Å². The molecule has 1 atom stereocenters. The second-order valence-electron chi connectivity index (χ2n) is 5.32. The van der Waals surface area contributed by atoms with E-state index in [1.165, 1.54) is 0 Å². The quantitative estimate of drug-likeness (QED) is 0.561. The van der Waals surface area contributed by atoms with E-state index in [9.17, 15) is 9.90 Å². The van der Waals surface area contributed by atoms with Gasteiger partial charge in [-0.3, -0.25) is 10.1 Å². The SMILES string of the molecule is CC(C)NC(C)(CCCSc1ccccc1Cl)C(=O)O.